The van der Waals surface area contributed by atoms with Crippen LogP contribution in [-0.2, 0) is 9.05 Å². The highest BCUT2D eigenvalue weighted by atomic mass is 35.7. The Hall–Kier alpha value is -1.07. The second-order valence-corrected chi connectivity index (χ2v) is 7.32. The van der Waals surface area contributed by atoms with Gasteiger partial charge in [-0.15, -0.1) is 0 Å². The van der Waals surface area contributed by atoms with Gasteiger partial charge in [0.1, 0.15) is 0 Å². The highest BCUT2D eigenvalue weighted by molar-refractivity contribution is 8.13. The Morgan fingerprint density at radius 2 is 1.80 bits per heavy atom. The number of hydrogen-bond acceptors (Lipinski definition) is 3. The molecule has 0 N–H and O–H groups in total. The predicted molar refractivity (Wildman–Crippen MR) is 80.8 cm³/mol. The lowest BCUT2D eigenvalue weighted by Crippen LogP contribution is -2.32. The normalized spacial score (nSPS) is 11.7. The Morgan fingerprint density at radius 3 is 2.20 bits per heavy atom. The summed E-state index contributed by atoms with van der Waals surface area (Å²) >= 11 is 0. The van der Waals surface area contributed by atoms with Crippen LogP contribution in [0.1, 0.15) is 49.5 Å². The molecule has 1 aromatic rings. The molecule has 1 amide bonds. The van der Waals surface area contributed by atoms with E-state index in [1.807, 2.05) is 27.7 Å². The third kappa shape index (κ3) is 3.52. The van der Waals surface area contributed by atoms with Gasteiger partial charge in [-0.3, -0.25) is 4.79 Å². The summed E-state index contributed by atoms with van der Waals surface area (Å²) in [7, 11) is 1.52. The van der Waals surface area contributed by atoms with Crippen molar-refractivity contribution >= 4 is 25.6 Å². The molecule has 0 saturated heterocycles. The highest BCUT2D eigenvalue weighted by Gasteiger charge is 2.27. The molecular formula is C14H20ClNO3S. The van der Waals surface area contributed by atoms with Gasteiger partial charge >= 0.3 is 0 Å². The summed E-state index contributed by atoms with van der Waals surface area (Å²) in [5.41, 5.74) is 0.893. The molecule has 112 valence electrons. The lowest BCUT2D eigenvalue weighted by molar-refractivity contribution is 0.0767. The number of amides is 1. The molecule has 0 atom stereocenters. The van der Waals surface area contributed by atoms with Crippen molar-refractivity contribution in [2.24, 2.45) is 0 Å². The van der Waals surface area contributed by atoms with Crippen LogP contribution in [0.3, 0.4) is 0 Å². The Balaban J connectivity index is 3.59. The summed E-state index contributed by atoms with van der Waals surface area (Å²) in [6, 6.07) is 4.77. The first-order chi connectivity index (χ1) is 9.23. The van der Waals surface area contributed by atoms with Gasteiger partial charge in [-0.05, 0) is 31.4 Å². The Labute approximate surface area is 125 Å². The van der Waals surface area contributed by atoms with E-state index in [0.717, 1.165) is 0 Å². The molecule has 0 aliphatic heterocycles. The number of carbonyl (C=O) groups excluding carboxylic acids is 1. The van der Waals surface area contributed by atoms with Crippen molar-refractivity contribution in [1.82, 2.24) is 4.90 Å². The Morgan fingerprint density at radius 1 is 1.25 bits per heavy atom. The van der Waals surface area contributed by atoms with Crippen LogP contribution in [0.25, 0.3) is 0 Å². The van der Waals surface area contributed by atoms with Gasteiger partial charge in [0.2, 0.25) is 0 Å². The van der Waals surface area contributed by atoms with Crippen molar-refractivity contribution < 1.29 is 13.2 Å². The first-order valence-corrected chi connectivity index (χ1v) is 8.91. The van der Waals surface area contributed by atoms with E-state index in [1.165, 1.54) is 6.07 Å². The predicted octanol–water partition coefficient (Wildman–Crippen LogP) is 3.22. The zero-order chi connectivity index (χ0) is 15.5. The first-order valence-electron chi connectivity index (χ1n) is 6.60. The van der Waals surface area contributed by atoms with E-state index in [2.05, 4.69) is 0 Å². The van der Waals surface area contributed by atoms with Crippen LogP contribution >= 0.6 is 10.7 Å². The van der Waals surface area contributed by atoms with E-state index < -0.39 is 9.05 Å². The molecule has 0 bridgehead atoms. The van der Waals surface area contributed by atoms with Gasteiger partial charge in [0, 0.05) is 23.8 Å². The summed E-state index contributed by atoms with van der Waals surface area (Å²) in [5, 5.41) is 0. The summed E-state index contributed by atoms with van der Waals surface area (Å²) in [4.78, 5) is 14.1. The fourth-order valence-corrected chi connectivity index (χ4v) is 3.21. The van der Waals surface area contributed by atoms with E-state index in [1.54, 1.807) is 17.0 Å². The maximum Gasteiger partial charge on any atom is 0.262 e. The van der Waals surface area contributed by atoms with E-state index in [4.69, 9.17) is 10.7 Å². The van der Waals surface area contributed by atoms with Crippen LogP contribution in [0, 0.1) is 0 Å². The van der Waals surface area contributed by atoms with E-state index >= 15 is 0 Å². The van der Waals surface area contributed by atoms with Crippen molar-refractivity contribution in [2.45, 2.75) is 38.5 Å². The average Bonchev–Trinajstić information content (AvgIpc) is 2.37. The molecule has 6 heteroatoms. The topological polar surface area (TPSA) is 54.5 Å². The third-order valence-corrected chi connectivity index (χ3v) is 4.57. The lowest BCUT2D eigenvalue weighted by Gasteiger charge is -2.23. The van der Waals surface area contributed by atoms with Gasteiger partial charge in [-0.25, -0.2) is 8.42 Å². The number of benzene rings is 1. The molecule has 0 radical (unpaired) electrons. The van der Waals surface area contributed by atoms with Gasteiger partial charge in [0.25, 0.3) is 15.0 Å². The van der Waals surface area contributed by atoms with E-state index in [9.17, 15) is 13.2 Å². The molecule has 0 fully saturated rings. The minimum atomic E-state index is -3.96. The summed E-state index contributed by atoms with van der Waals surface area (Å²) in [5.74, 6) is -0.263. The summed E-state index contributed by atoms with van der Waals surface area (Å²) in [6.45, 7) is 8.58. The smallest absolute Gasteiger partial charge is 0.262 e. The fourth-order valence-electron chi connectivity index (χ4n) is 2.13. The zero-order valence-corrected chi connectivity index (χ0v) is 13.8. The Kier molecular flexibility index (Phi) is 5.59. The standard InChI is InChI=1S/C14H20ClNO3S/c1-5-16(6-2)14(17)13-11(10(3)4)8-7-9-12(13)20(15,18)19/h7-10H,5-6H2,1-4H3. The molecule has 1 aromatic carbocycles. The van der Waals surface area contributed by atoms with Gasteiger partial charge in [0.05, 0.1) is 10.5 Å². The van der Waals surface area contributed by atoms with Crippen LogP contribution in [-0.4, -0.2) is 32.3 Å². The van der Waals surface area contributed by atoms with Gasteiger partial charge < -0.3 is 4.90 Å². The SMILES string of the molecule is CCN(CC)C(=O)c1c(C(C)C)cccc1S(=O)(=O)Cl. The van der Waals surface area contributed by atoms with Crippen molar-refractivity contribution in [3.63, 3.8) is 0 Å². The minimum Gasteiger partial charge on any atom is -0.339 e. The summed E-state index contributed by atoms with van der Waals surface area (Å²) in [6.07, 6.45) is 0. The van der Waals surface area contributed by atoms with Crippen LogP contribution in [0.15, 0.2) is 23.1 Å². The van der Waals surface area contributed by atoms with Crippen molar-refractivity contribution in [2.75, 3.05) is 13.1 Å². The minimum absolute atomic E-state index is 0.0304. The second kappa shape index (κ2) is 6.59. The summed E-state index contributed by atoms with van der Waals surface area (Å²) < 4.78 is 23.5. The third-order valence-electron chi connectivity index (χ3n) is 3.21. The highest BCUT2D eigenvalue weighted by Crippen LogP contribution is 2.29. The van der Waals surface area contributed by atoms with Gasteiger partial charge in [-0.1, -0.05) is 26.0 Å². The second-order valence-electron chi connectivity index (χ2n) is 4.79. The lowest BCUT2D eigenvalue weighted by atomic mass is 9.96. The number of carbonyl (C=O) groups is 1. The van der Waals surface area contributed by atoms with E-state index in [0.29, 0.717) is 18.7 Å². The first kappa shape index (κ1) is 17.0. The molecule has 0 aromatic heterocycles. The van der Waals surface area contributed by atoms with Gasteiger partial charge in [0.15, 0.2) is 0 Å². The Bertz CT molecular complexity index is 592. The molecule has 0 aliphatic carbocycles. The number of hydrogen-bond donors (Lipinski definition) is 0. The van der Waals surface area contributed by atoms with Crippen LogP contribution < -0.4 is 0 Å². The number of halogens is 1. The number of rotatable bonds is 5. The van der Waals surface area contributed by atoms with Gasteiger partial charge in [-0.2, -0.15) is 0 Å². The van der Waals surface area contributed by atoms with Crippen molar-refractivity contribution in [1.29, 1.82) is 0 Å². The fraction of sp³-hybridized carbons (Fsp3) is 0.500. The molecule has 20 heavy (non-hydrogen) atoms. The molecule has 0 unspecified atom stereocenters. The average molecular weight is 318 g/mol. The molecule has 0 aliphatic rings. The van der Waals surface area contributed by atoms with Crippen LogP contribution in [0.2, 0.25) is 0 Å². The number of nitrogens with zero attached hydrogens (tertiary/aromatic N) is 1. The van der Waals surface area contributed by atoms with E-state index in [-0.39, 0.29) is 22.3 Å². The molecular weight excluding hydrogens is 298 g/mol. The molecule has 1 rings (SSSR count). The largest absolute Gasteiger partial charge is 0.339 e. The molecule has 4 nitrogen and oxygen atoms in total. The van der Waals surface area contributed by atoms with Crippen LogP contribution in [0.4, 0.5) is 0 Å². The maximum absolute atomic E-state index is 12.6. The maximum atomic E-state index is 12.6. The van der Waals surface area contributed by atoms with Crippen LogP contribution in [0.5, 0.6) is 0 Å². The molecule has 0 heterocycles. The zero-order valence-electron chi connectivity index (χ0n) is 12.2. The molecule has 0 saturated carbocycles. The van der Waals surface area contributed by atoms with Crippen molar-refractivity contribution in [3.8, 4) is 0 Å². The molecule has 0 spiro atoms. The monoisotopic (exact) mass is 317 g/mol. The quantitative estimate of drug-likeness (QED) is 0.783. The van der Waals surface area contributed by atoms with Crippen molar-refractivity contribution in [3.05, 3.63) is 29.3 Å².